The first-order valence-corrected chi connectivity index (χ1v) is 2.87. The van der Waals surface area contributed by atoms with E-state index < -0.39 is 0 Å². The molecule has 0 saturated carbocycles. The van der Waals surface area contributed by atoms with Gasteiger partial charge in [0.05, 0.1) is 24.3 Å². The smallest absolute Gasteiger partial charge is 0.0948 e. The standard InChI is InChI=1S/C7H7N3/c1-10-6-9-5-7(10)3-2-4-8/h2-3,5-6H,1H3. The fraction of sp³-hybridized carbons (Fsp3) is 0.143. The monoisotopic (exact) mass is 133 g/mol. The lowest BCUT2D eigenvalue weighted by atomic mass is 10.4. The number of aromatic nitrogens is 2. The van der Waals surface area contributed by atoms with E-state index in [9.17, 15) is 0 Å². The highest BCUT2D eigenvalue weighted by Crippen LogP contribution is 1.97. The summed E-state index contributed by atoms with van der Waals surface area (Å²) in [6, 6.07) is 1.91. The average Bonchev–Trinajstić information content (AvgIpc) is 2.31. The van der Waals surface area contributed by atoms with Gasteiger partial charge in [-0.2, -0.15) is 5.26 Å². The van der Waals surface area contributed by atoms with E-state index in [4.69, 9.17) is 5.26 Å². The number of hydrogen-bond acceptors (Lipinski definition) is 2. The minimum atomic E-state index is 0.932. The first-order valence-electron chi connectivity index (χ1n) is 2.87. The molecule has 1 heterocycles. The van der Waals surface area contributed by atoms with Gasteiger partial charge in [-0.15, -0.1) is 0 Å². The van der Waals surface area contributed by atoms with Crippen molar-refractivity contribution < 1.29 is 0 Å². The van der Waals surface area contributed by atoms with Gasteiger partial charge in [-0.05, 0) is 6.08 Å². The second-order valence-corrected chi connectivity index (χ2v) is 1.89. The zero-order valence-corrected chi connectivity index (χ0v) is 5.65. The van der Waals surface area contributed by atoms with Crippen LogP contribution in [0, 0.1) is 11.3 Å². The predicted octanol–water partition coefficient (Wildman–Crippen LogP) is 0.957. The molecule has 10 heavy (non-hydrogen) atoms. The van der Waals surface area contributed by atoms with Crippen molar-refractivity contribution in [3.63, 3.8) is 0 Å². The molecule has 0 N–H and O–H groups in total. The molecule has 1 aromatic heterocycles. The lowest BCUT2D eigenvalue weighted by Crippen LogP contribution is -1.86. The molecule has 0 unspecified atom stereocenters. The van der Waals surface area contributed by atoms with Gasteiger partial charge in [0.25, 0.3) is 0 Å². The van der Waals surface area contributed by atoms with Gasteiger partial charge in [0.1, 0.15) is 0 Å². The highest BCUT2D eigenvalue weighted by molar-refractivity contribution is 5.46. The second kappa shape index (κ2) is 2.83. The van der Waals surface area contributed by atoms with Gasteiger partial charge in [-0.1, -0.05) is 0 Å². The highest BCUT2D eigenvalue weighted by Gasteiger charge is 1.88. The lowest BCUT2D eigenvalue weighted by Gasteiger charge is -1.90. The Balaban J connectivity index is 2.87. The summed E-state index contributed by atoms with van der Waals surface area (Å²) in [6.07, 6.45) is 6.54. The summed E-state index contributed by atoms with van der Waals surface area (Å²) in [5.41, 5.74) is 0.932. The Morgan fingerprint density at radius 1 is 1.80 bits per heavy atom. The van der Waals surface area contributed by atoms with E-state index in [-0.39, 0.29) is 0 Å². The van der Waals surface area contributed by atoms with Crippen molar-refractivity contribution in [2.75, 3.05) is 0 Å². The fourth-order valence-electron chi connectivity index (χ4n) is 0.651. The van der Waals surface area contributed by atoms with Gasteiger partial charge in [0, 0.05) is 13.1 Å². The van der Waals surface area contributed by atoms with Crippen LogP contribution in [0.5, 0.6) is 0 Å². The molecule has 0 aliphatic heterocycles. The maximum atomic E-state index is 8.19. The van der Waals surface area contributed by atoms with Crippen LogP contribution in [0.25, 0.3) is 6.08 Å². The van der Waals surface area contributed by atoms with Crippen LogP contribution in [0.2, 0.25) is 0 Å². The molecule has 0 atom stereocenters. The van der Waals surface area contributed by atoms with Crippen molar-refractivity contribution in [3.05, 3.63) is 24.3 Å². The zero-order chi connectivity index (χ0) is 7.40. The molecule has 0 aliphatic rings. The summed E-state index contributed by atoms with van der Waals surface area (Å²) in [4.78, 5) is 3.88. The molecule has 3 nitrogen and oxygen atoms in total. The van der Waals surface area contributed by atoms with E-state index in [1.807, 2.05) is 17.7 Å². The van der Waals surface area contributed by atoms with Crippen LogP contribution in [-0.4, -0.2) is 9.55 Å². The van der Waals surface area contributed by atoms with Crippen LogP contribution in [0.1, 0.15) is 5.69 Å². The second-order valence-electron chi connectivity index (χ2n) is 1.89. The Kier molecular flexibility index (Phi) is 1.86. The molecular formula is C7H7N3. The molecule has 0 spiro atoms. The quantitative estimate of drug-likeness (QED) is 0.535. The predicted molar refractivity (Wildman–Crippen MR) is 37.9 cm³/mol. The van der Waals surface area contributed by atoms with Gasteiger partial charge >= 0.3 is 0 Å². The van der Waals surface area contributed by atoms with E-state index in [1.54, 1.807) is 18.6 Å². The number of nitriles is 1. The molecule has 0 saturated heterocycles. The van der Waals surface area contributed by atoms with E-state index in [0.717, 1.165) is 5.69 Å². The summed E-state index contributed by atoms with van der Waals surface area (Å²) in [6.45, 7) is 0. The van der Waals surface area contributed by atoms with E-state index >= 15 is 0 Å². The van der Waals surface area contributed by atoms with Crippen molar-refractivity contribution in [3.8, 4) is 6.07 Å². The number of aryl methyl sites for hydroxylation is 1. The van der Waals surface area contributed by atoms with Gasteiger partial charge in [0.2, 0.25) is 0 Å². The minimum absolute atomic E-state index is 0.932. The molecule has 0 bridgehead atoms. The molecule has 0 fully saturated rings. The summed E-state index contributed by atoms with van der Waals surface area (Å²) < 4.78 is 1.84. The van der Waals surface area contributed by atoms with Gasteiger partial charge < -0.3 is 4.57 Å². The van der Waals surface area contributed by atoms with Crippen LogP contribution >= 0.6 is 0 Å². The molecular weight excluding hydrogens is 126 g/mol. The molecule has 0 amide bonds. The topological polar surface area (TPSA) is 41.6 Å². The molecule has 1 aromatic rings. The van der Waals surface area contributed by atoms with E-state index in [2.05, 4.69) is 4.98 Å². The van der Waals surface area contributed by atoms with Crippen LogP contribution in [0.15, 0.2) is 18.6 Å². The third-order valence-corrected chi connectivity index (χ3v) is 1.18. The molecule has 50 valence electrons. The number of allylic oxidation sites excluding steroid dienone is 1. The Labute approximate surface area is 59.2 Å². The van der Waals surface area contributed by atoms with Crippen LogP contribution in [-0.2, 0) is 7.05 Å². The number of nitrogens with zero attached hydrogens (tertiary/aromatic N) is 3. The average molecular weight is 133 g/mol. The minimum Gasteiger partial charge on any atom is -0.334 e. The van der Waals surface area contributed by atoms with Crippen LogP contribution < -0.4 is 0 Å². The summed E-state index contributed by atoms with van der Waals surface area (Å²) in [7, 11) is 1.88. The van der Waals surface area contributed by atoms with Crippen LogP contribution in [0.3, 0.4) is 0 Å². The van der Waals surface area contributed by atoms with Crippen molar-refractivity contribution in [1.29, 1.82) is 5.26 Å². The van der Waals surface area contributed by atoms with Crippen molar-refractivity contribution in [2.45, 2.75) is 0 Å². The largest absolute Gasteiger partial charge is 0.334 e. The summed E-state index contributed by atoms with van der Waals surface area (Å²) in [5.74, 6) is 0. The van der Waals surface area contributed by atoms with Gasteiger partial charge in [-0.3, -0.25) is 0 Å². The third-order valence-electron chi connectivity index (χ3n) is 1.18. The molecule has 1 rings (SSSR count). The summed E-state index contributed by atoms with van der Waals surface area (Å²) in [5, 5.41) is 8.19. The molecule has 0 aliphatic carbocycles. The Hall–Kier alpha value is -1.56. The highest BCUT2D eigenvalue weighted by atomic mass is 15.0. The van der Waals surface area contributed by atoms with Gasteiger partial charge in [-0.25, -0.2) is 4.98 Å². The first kappa shape index (κ1) is 6.56. The van der Waals surface area contributed by atoms with E-state index in [1.165, 1.54) is 6.08 Å². The first-order chi connectivity index (χ1) is 4.84. The maximum Gasteiger partial charge on any atom is 0.0948 e. The Morgan fingerprint density at radius 2 is 2.60 bits per heavy atom. The Bertz CT molecular complexity index is 277. The lowest BCUT2D eigenvalue weighted by molar-refractivity contribution is 0.902. The fourth-order valence-corrected chi connectivity index (χ4v) is 0.651. The maximum absolute atomic E-state index is 8.19. The number of rotatable bonds is 1. The SMILES string of the molecule is Cn1cncc1C=CC#N. The van der Waals surface area contributed by atoms with Crippen molar-refractivity contribution in [1.82, 2.24) is 9.55 Å². The van der Waals surface area contributed by atoms with Gasteiger partial charge in [0.15, 0.2) is 0 Å². The Morgan fingerprint density at radius 3 is 3.10 bits per heavy atom. The third kappa shape index (κ3) is 1.23. The van der Waals surface area contributed by atoms with E-state index in [0.29, 0.717) is 0 Å². The van der Waals surface area contributed by atoms with Crippen molar-refractivity contribution in [2.24, 2.45) is 7.05 Å². The normalized spacial score (nSPS) is 10.0. The van der Waals surface area contributed by atoms with Crippen molar-refractivity contribution >= 4 is 6.08 Å². The molecule has 3 heteroatoms. The molecule has 0 aromatic carbocycles. The number of hydrogen-bond donors (Lipinski definition) is 0. The molecule has 0 radical (unpaired) electrons. The zero-order valence-electron chi connectivity index (χ0n) is 5.65. The number of imidazole rings is 1. The van der Waals surface area contributed by atoms with Crippen LogP contribution in [0.4, 0.5) is 0 Å². The summed E-state index contributed by atoms with van der Waals surface area (Å²) >= 11 is 0.